The highest BCUT2D eigenvalue weighted by atomic mass is 35.5. The number of hydrogen-bond donors (Lipinski definition) is 1. The second-order valence-electron chi connectivity index (χ2n) is 5.98. The van der Waals surface area contributed by atoms with Crippen LogP contribution >= 0.6 is 11.6 Å². The number of carbonyl (C=O) groups excluding carboxylic acids is 1. The van der Waals surface area contributed by atoms with Crippen LogP contribution in [-0.2, 0) is 4.79 Å². The lowest BCUT2D eigenvalue weighted by Gasteiger charge is -2.26. The van der Waals surface area contributed by atoms with Crippen molar-refractivity contribution in [1.82, 2.24) is 0 Å². The van der Waals surface area contributed by atoms with Gasteiger partial charge in [0, 0.05) is 17.4 Å². The van der Waals surface area contributed by atoms with Crippen LogP contribution in [0.3, 0.4) is 0 Å². The van der Waals surface area contributed by atoms with Crippen LogP contribution in [0.1, 0.15) is 45.6 Å². The predicted octanol–water partition coefficient (Wildman–Crippen LogP) is 3.92. The molecule has 0 aliphatic rings. The number of benzene rings is 1. The Hall–Kier alpha value is -0.930. The van der Waals surface area contributed by atoms with Gasteiger partial charge < -0.3 is 5.73 Å². The first-order valence-electron chi connectivity index (χ1n) is 6.39. The number of halogens is 2. The molecule has 19 heavy (non-hydrogen) atoms. The van der Waals surface area contributed by atoms with Gasteiger partial charge >= 0.3 is 0 Å². The molecule has 1 aromatic carbocycles. The van der Waals surface area contributed by atoms with Crippen LogP contribution in [0.4, 0.5) is 4.39 Å². The van der Waals surface area contributed by atoms with Gasteiger partial charge in [-0.1, -0.05) is 31.5 Å². The van der Waals surface area contributed by atoms with Gasteiger partial charge in [0.05, 0.1) is 5.02 Å². The lowest BCUT2D eigenvalue weighted by Crippen LogP contribution is -2.36. The van der Waals surface area contributed by atoms with Crippen LogP contribution < -0.4 is 5.73 Å². The molecule has 2 nitrogen and oxygen atoms in total. The third-order valence-corrected chi connectivity index (χ3v) is 3.30. The van der Waals surface area contributed by atoms with Crippen LogP contribution in [0.5, 0.6) is 0 Å². The van der Waals surface area contributed by atoms with Gasteiger partial charge in [-0.05, 0) is 38.0 Å². The summed E-state index contributed by atoms with van der Waals surface area (Å²) in [4.78, 5) is 12.3. The Bertz CT molecular complexity index is 466. The standard InChI is InChI=1S/C15H21ClFNO/c1-9(2)14(19)11(8-15(3,4)18)10-5-6-12(16)13(17)7-10/h5-7,9,11H,8,18H2,1-4H3. The molecule has 1 aromatic rings. The molecule has 0 radical (unpaired) electrons. The van der Waals surface area contributed by atoms with Crippen molar-refractivity contribution in [1.29, 1.82) is 0 Å². The summed E-state index contributed by atoms with van der Waals surface area (Å²) in [6.07, 6.45) is 0.477. The van der Waals surface area contributed by atoms with Gasteiger partial charge in [0.25, 0.3) is 0 Å². The van der Waals surface area contributed by atoms with Crippen molar-refractivity contribution in [3.63, 3.8) is 0 Å². The summed E-state index contributed by atoms with van der Waals surface area (Å²) in [6, 6.07) is 4.51. The second-order valence-corrected chi connectivity index (χ2v) is 6.38. The minimum atomic E-state index is -0.504. The first-order valence-corrected chi connectivity index (χ1v) is 6.77. The van der Waals surface area contributed by atoms with Crippen molar-refractivity contribution in [2.24, 2.45) is 11.7 Å². The topological polar surface area (TPSA) is 43.1 Å². The molecule has 0 amide bonds. The summed E-state index contributed by atoms with van der Waals surface area (Å²) < 4.78 is 13.6. The molecular formula is C15H21ClFNO. The van der Waals surface area contributed by atoms with Gasteiger partial charge in [0.1, 0.15) is 11.6 Å². The van der Waals surface area contributed by atoms with Gasteiger partial charge in [0.2, 0.25) is 0 Å². The normalized spacial score (nSPS) is 13.7. The van der Waals surface area contributed by atoms with Crippen LogP contribution in [0.2, 0.25) is 5.02 Å². The fraction of sp³-hybridized carbons (Fsp3) is 0.533. The minimum absolute atomic E-state index is 0.0616. The number of rotatable bonds is 5. The summed E-state index contributed by atoms with van der Waals surface area (Å²) in [5, 5.41) is 0.0616. The Kier molecular flexibility index (Phi) is 5.11. The van der Waals surface area contributed by atoms with Gasteiger partial charge in [-0.15, -0.1) is 0 Å². The molecule has 0 aromatic heterocycles. The van der Waals surface area contributed by atoms with E-state index in [4.69, 9.17) is 17.3 Å². The average molecular weight is 286 g/mol. The van der Waals surface area contributed by atoms with Crippen molar-refractivity contribution in [2.75, 3.05) is 0 Å². The maximum Gasteiger partial charge on any atom is 0.142 e. The van der Waals surface area contributed by atoms with Gasteiger partial charge in [-0.25, -0.2) is 4.39 Å². The maximum atomic E-state index is 13.6. The Morgan fingerprint density at radius 1 is 1.42 bits per heavy atom. The molecule has 1 unspecified atom stereocenters. The SMILES string of the molecule is CC(C)C(=O)C(CC(C)(C)N)c1ccc(Cl)c(F)c1. The Morgan fingerprint density at radius 3 is 2.42 bits per heavy atom. The first kappa shape index (κ1) is 16.1. The Morgan fingerprint density at radius 2 is 2.00 bits per heavy atom. The molecule has 0 spiro atoms. The van der Waals surface area contributed by atoms with E-state index in [9.17, 15) is 9.18 Å². The van der Waals surface area contributed by atoms with E-state index in [2.05, 4.69) is 0 Å². The highest BCUT2D eigenvalue weighted by Crippen LogP contribution is 2.30. The lowest BCUT2D eigenvalue weighted by atomic mass is 9.80. The Labute approximate surface area is 119 Å². The van der Waals surface area contributed by atoms with Gasteiger partial charge in [0.15, 0.2) is 0 Å². The zero-order valence-electron chi connectivity index (χ0n) is 11.8. The number of ketones is 1. The van der Waals surface area contributed by atoms with Crippen LogP contribution in [0.15, 0.2) is 18.2 Å². The molecule has 1 rings (SSSR count). The third-order valence-electron chi connectivity index (χ3n) is 2.99. The monoisotopic (exact) mass is 285 g/mol. The molecule has 2 N–H and O–H groups in total. The molecule has 0 saturated carbocycles. The number of nitrogens with two attached hydrogens (primary N) is 1. The molecule has 0 saturated heterocycles. The molecule has 4 heteroatoms. The van der Waals surface area contributed by atoms with Crippen molar-refractivity contribution in [2.45, 2.75) is 45.6 Å². The predicted molar refractivity (Wildman–Crippen MR) is 76.9 cm³/mol. The van der Waals surface area contributed by atoms with E-state index in [1.54, 1.807) is 6.07 Å². The Balaban J connectivity index is 3.15. The minimum Gasteiger partial charge on any atom is -0.326 e. The molecule has 0 aliphatic carbocycles. The summed E-state index contributed by atoms with van der Waals surface area (Å²) in [7, 11) is 0. The zero-order chi connectivity index (χ0) is 14.8. The quantitative estimate of drug-likeness (QED) is 0.891. The van der Waals surface area contributed by atoms with E-state index in [-0.39, 0.29) is 16.7 Å². The molecule has 0 aliphatic heterocycles. The number of carbonyl (C=O) groups is 1. The van der Waals surface area contributed by atoms with Crippen molar-refractivity contribution in [3.05, 3.63) is 34.6 Å². The fourth-order valence-electron chi connectivity index (χ4n) is 2.04. The van der Waals surface area contributed by atoms with E-state index in [0.29, 0.717) is 12.0 Å². The van der Waals surface area contributed by atoms with Gasteiger partial charge in [-0.2, -0.15) is 0 Å². The molecular weight excluding hydrogens is 265 g/mol. The van der Waals surface area contributed by atoms with E-state index in [1.165, 1.54) is 12.1 Å². The fourth-order valence-corrected chi connectivity index (χ4v) is 2.16. The van der Waals surface area contributed by atoms with Crippen LogP contribution in [0, 0.1) is 11.7 Å². The first-order chi connectivity index (χ1) is 8.61. The van der Waals surface area contributed by atoms with E-state index < -0.39 is 17.3 Å². The summed E-state index contributed by atoms with van der Waals surface area (Å²) in [5.74, 6) is -0.950. The van der Waals surface area contributed by atoms with E-state index in [0.717, 1.165) is 0 Å². The second kappa shape index (κ2) is 6.02. The highest BCUT2D eigenvalue weighted by molar-refractivity contribution is 6.30. The average Bonchev–Trinajstić information content (AvgIpc) is 2.27. The van der Waals surface area contributed by atoms with Gasteiger partial charge in [-0.3, -0.25) is 4.79 Å². The zero-order valence-corrected chi connectivity index (χ0v) is 12.6. The third kappa shape index (κ3) is 4.59. The van der Waals surface area contributed by atoms with Crippen molar-refractivity contribution >= 4 is 17.4 Å². The number of Topliss-reactive ketones (excluding diaryl/α,β-unsaturated/α-hetero) is 1. The number of hydrogen-bond acceptors (Lipinski definition) is 2. The largest absolute Gasteiger partial charge is 0.326 e. The molecule has 0 bridgehead atoms. The summed E-state index contributed by atoms with van der Waals surface area (Å²) in [6.45, 7) is 7.40. The van der Waals surface area contributed by atoms with Crippen molar-refractivity contribution < 1.29 is 9.18 Å². The molecule has 0 heterocycles. The van der Waals surface area contributed by atoms with E-state index >= 15 is 0 Å². The van der Waals surface area contributed by atoms with Crippen LogP contribution in [-0.4, -0.2) is 11.3 Å². The maximum absolute atomic E-state index is 13.6. The lowest BCUT2D eigenvalue weighted by molar-refractivity contribution is -0.123. The molecule has 106 valence electrons. The van der Waals surface area contributed by atoms with E-state index in [1.807, 2.05) is 27.7 Å². The highest BCUT2D eigenvalue weighted by Gasteiger charge is 2.28. The van der Waals surface area contributed by atoms with Crippen LogP contribution in [0.25, 0.3) is 0 Å². The van der Waals surface area contributed by atoms with Crippen molar-refractivity contribution in [3.8, 4) is 0 Å². The molecule has 1 atom stereocenters. The smallest absolute Gasteiger partial charge is 0.142 e. The molecule has 0 fully saturated rings. The summed E-state index contributed by atoms with van der Waals surface area (Å²) >= 11 is 5.68. The summed E-state index contributed by atoms with van der Waals surface area (Å²) in [5.41, 5.74) is 6.15.